The zero-order chi connectivity index (χ0) is 19.8. The zero-order valence-electron chi connectivity index (χ0n) is 16.1. The number of aromatic nitrogens is 4. The van der Waals surface area contributed by atoms with Crippen LogP contribution in [-0.4, -0.2) is 40.4 Å². The third-order valence-electron chi connectivity index (χ3n) is 5.45. The average molecular weight is 407 g/mol. The Bertz CT molecular complexity index is 1160. The Morgan fingerprint density at radius 1 is 1.21 bits per heavy atom. The van der Waals surface area contributed by atoms with Crippen molar-refractivity contribution in [2.75, 3.05) is 25.9 Å². The molecule has 0 aliphatic carbocycles. The smallest absolute Gasteiger partial charge is 0.138 e. The van der Waals surface area contributed by atoms with E-state index in [4.69, 9.17) is 15.5 Å². The van der Waals surface area contributed by atoms with E-state index in [1.807, 2.05) is 30.6 Å². The molecule has 29 heavy (non-hydrogen) atoms. The van der Waals surface area contributed by atoms with Gasteiger partial charge < -0.3 is 15.8 Å². The summed E-state index contributed by atoms with van der Waals surface area (Å²) in [6.07, 6.45) is 5.95. The van der Waals surface area contributed by atoms with Crippen LogP contribution in [-0.2, 0) is 0 Å². The maximum absolute atomic E-state index is 6.24. The van der Waals surface area contributed by atoms with E-state index in [-0.39, 0.29) is 0 Å². The number of nitrogens with one attached hydrogen (secondary N) is 2. The summed E-state index contributed by atoms with van der Waals surface area (Å²) in [6, 6.07) is 7.94. The molecule has 1 aliphatic heterocycles. The molecule has 5 rings (SSSR count). The Morgan fingerprint density at radius 3 is 2.90 bits per heavy atom. The van der Waals surface area contributed by atoms with E-state index >= 15 is 0 Å². The van der Waals surface area contributed by atoms with E-state index < -0.39 is 0 Å². The number of nitrogens with zero attached hydrogens (tertiary/aromatic N) is 3. The second-order valence-electron chi connectivity index (χ2n) is 7.19. The number of hydrogen-bond donors (Lipinski definition) is 3. The Balaban J connectivity index is 1.58. The molecule has 148 valence electrons. The predicted molar refractivity (Wildman–Crippen MR) is 116 cm³/mol. The van der Waals surface area contributed by atoms with Crippen LogP contribution < -0.4 is 15.8 Å². The molecular weight excluding hydrogens is 384 g/mol. The quantitative estimate of drug-likeness (QED) is 0.476. The topological polar surface area (TPSA) is 102 Å². The minimum absolute atomic E-state index is 0.449. The maximum Gasteiger partial charge on any atom is 0.138 e. The molecular formula is C21H22N6OS. The number of ether oxygens (including phenoxy) is 1. The van der Waals surface area contributed by atoms with Gasteiger partial charge in [0, 0.05) is 29.4 Å². The minimum atomic E-state index is 0.449. The second kappa shape index (κ2) is 7.46. The largest absolute Gasteiger partial charge is 0.495 e. The van der Waals surface area contributed by atoms with Gasteiger partial charge in [-0.3, -0.25) is 5.10 Å². The Kier molecular flexibility index (Phi) is 4.65. The third-order valence-corrected chi connectivity index (χ3v) is 6.57. The van der Waals surface area contributed by atoms with Gasteiger partial charge in [0.25, 0.3) is 0 Å². The highest BCUT2D eigenvalue weighted by atomic mass is 32.1. The van der Waals surface area contributed by atoms with Gasteiger partial charge in [-0.15, -0.1) is 11.3 Å². The number of anilines is 1. The molecule has 1 fully saturated rings. The van der Waals surface area contributed by atoms with Crippen molar-refractivity contribution < 1.29 is 4.74 Å². The van der Waals surface area contributed by atoms with E-state index in [1.165, 1.54) is 0 Å². The molecule has 3 aromatic heterocycles. The lowest BCUT2D eigenvalue weighted by Gasteiger charge is -2.22. The van der Waals surface area contributed by atoms with Crippen LogP contribution in [0.3, 0.4) is 0 Å². The molecule has 1 saturated heterocycles. The van der Waals surface area contributed by atoms with Crippen LogP contribution in [0.4, 0.5) is 5.82 Å². The highest BCUT2D eigenvalue weighted by molar-refractivity contribution is 7.22. The first kappa shape index (κ1) is 18.1. The van der Waals surface area contributed by atoms with Crippen LogP contribution in [0.2, 0.25) is 0 Å². The molecule has 0 radical (unpaired) electrons. The molecule has 0 unspecified atom stereocenters. The fourth-order valence-corrected chi connectivity index (χ4v) is 5.01. The van der Waals surface area contributed by atoms with Crippen molar-refractivity contribution >= 4 is 27.4 Å². The Hall–Kier alpha value is -2.97. The number of fused-ring (bicyclic) bond motifs is 1. The van der Waals surface area contributed by atoms with Crippen molar-refractivity contribution in [2.24, 2.45) is 0 Å². The van der Waals surface area contributed by atoms with Gasteiger partial charge >= 0.3 is 0 Å². The van der Waals surface area contributed by atoms with Crippen LogP contribution in [0.15, 0.2) is 36.7 Å². The standard InChI is InChI=1S/C21H22N6OS/c1-28-17-4-2-3-16-19(17)29-21(26-16)14-9-13(10-24-20(14)22)15-11-25-27-18(15)12-5-7-23-8-6-12/h2-4,9-12,23H,5-8H2,1H3,(H2,22,24)(H,25,27). The molecule has 0 saturated carbocycles. The van der Waals surface area contributed by atoms with Crippen molar-refractivity contribution in [3.05, 3.63) is 42.4 Å². The number of benzene rings is 1. The van der Waals surface area contributed by atoms with Crippen LogP contribution in [0.25, 0.3) is 31.9 Å². The summed E-state index contributed by atoms with van der Waals surface area (Å²) in [5.74, 6) is 1.74. The average Bonchev–Trinajstić information content (AvgIpc) is 3.42. The predicted octanol–water partition coefficient (Wildman–Crippen LogP) is 3.81. The van der Waals surface area contributed by atoms with Crippen molar-refractivity contribution in [3.8, 4) is 27.4 Å². The third kappa shape index (κ3) is 3.24. The summed E-state index contributed by atoms with van der Waals surface area (Å²) in [6.45, 7) is 2.05. The maximum atomic E-state index is 6.24. The number of hydrogen-bond acceptors (Lipinski definition) is 7. The lowest BCUT2D eigenvalue weighted by Crippen LogP contribution is -2.27. The van der Waals surface area contributed by atoms with Gasteiger partial charge in [-0.2, -0.15) is 5.10 Å². The summed E-state index contributed by atoms with van der Waals surface area (Å²) in [4.78, 5) is 9.24. The molecule has 0 amide bonds. The normalized spacial score (nSPS) is 15.1. The van der Waals surface area contributed by atoms with Gasteiger partial charge in [0.15, 0.2) is 0 Å². The molecule has 8 heteroatoms. The van der Waals surface area contributed by atoms with Crippen LogP contribution >= 0.6 is 11.3 Å². The molecule has 4 N–H and O–H groups in total. The van der Waals surface area contributed by atoms with Crippen molar-refractivity contribution in [2.45, 2.75) is 18.8 Å². The molecule has 0 spiro atoms. The fourth-order valence-electron chi connectivity index (χ4n) is 3.93. The van der Waals surface area contributed by atoms with Crippen molar-refractivity contribution in [3.63, 3.8) is 0 Å². The highest BCUT2D eigenvalue weighted by Crippen LogP contribution is 2.39. The van der Waals surface area contributed by atoms with Gasteiger partial charge in [-0.05, 0) is 44.1 Å². The summed E-state index contributed by atoms with van der Waals surface area (Å²) >= 11 is 1.57. The zero-order valence-corrected chi connectivity index (χ0v) is 16.9. The summed E-state index contributed by atoms with van der Waals surface area (Å²) < 4.78 is 6.49. The number of H-pyrrole nitrogens is 1. The van der Waals surface area contributed by atoms with E-state index in [2.05, 4.69) is 26.6 Å². The molecule has 4 heterocycles. The highest BCUT2D eigenvalue weighted by Gasteiger charge is 2.22. The molecule has 0 bridgehead atoms. The lowest BCUT2D eigenvalue weighted by atomic mass is 9.90. The number of piperidine rings is 1. The summed E-state index contributed by atoms with van der Waals surface area (Å²) in [5.41, 5.74) is 11.2. The SMILES string of the molecule is COc1cccc2nc(-c3cc(-c4c[nH]nc4C4CCNCC4)cnc3N)sc12. The molecule has 4 aromatic rings. The van der Waals surface area contributed by atoms with E-state index in [1.54, 1.807) is 18.4 Å². The van der Waals surface area contributed by atoms with Gasteiger partial charge in [-0.25, -0.2) is 9.97 Å². The molecule has 0 atom stereocenters. The van der Waals surface area contributed by atoms with Gasteiger partial charge in [-0.1, -0.05) is 6.07 Å². The number of nitrogen functional groups attached to an aromatic ring is 1. The number of thiazole rings is 1. The lowest BCUT2D eigenvalue weighted by molar-refractivity contribution is 0.420. The van der Waals surface area contributed by atoms with E-state index in [9.17, 15) is 0 Å². The minimum Gasteiger partial charge on any atom is -0.495 e. The first-order valence-corrected chi connectivity index (χ1v) is 10.5. The van der Waals surface area contributed by atoms with Crippen LogP contribution in [0.1, 0.15) is 24.5 Å². The number of aromatic amines is 1. The first-order valence-electron chi connectivity index (χ1n) is 9.69. The monoisotopic (exact) mass is 406 g/mol. The van der Waals surface area contributed by atoms with Gasteiger partial charge in [0.1, 0.15) is 16.6 Å². The number of rotatable bonds is 4. The number of nitrogens with two attached hydrogens (primary N) is 1. The Morgan fingerprint density at radius 2 is 2.07 bits per heavy atom. The fraction of sp³-hybridized carbons (Fsp3) is 0.286. The van der Waals surface area contributed by atoms with Gasteiger partial charge in [0.2, 0.25) is 0 Å². The molecule has 1 aliphatic rings. The van der Waals surface area contributed by atoms with Crippen molar-refractivity contribution in [1.82, 2.24) is 25.5 Å². The van der Waals surface area contributed by atoms with E-state index in [0.717, 1.165) is 69.3 Å². The summed E-state index contributed by atoms with van der Waals surface area (Å²) in [7, 11) is 1.67. The first-order chi connectivity index (χ1) is 14.2. The van der Waals surface area contributed by atoms with Crippen LogP contribution in [0.5, 0.6) is 5.75 Å². The van der Waals surface area contributed by atoms with Gasteiger partial charge in [0.05, 0.1) is 28.6 Å². The molecule has 1 aromatic carbocycles. The second-order valence-corrected chi connectivity index (χ2v) is 8.19. The van der Waals surface area contributed by atoms with Crippen molar-refractivity contribution in [1.29, 1.82) is 0 Å². The summed E-state index contributed by atoms with van der Waals surface area (Å²) in [5, 5.41) is 11.9. The van der Waals surface area contributed by atoms with Crippen LogP contribution in [0, 0.1) is 0 Å². The number of pyridine rings is 1. The molecule has 7 nitrogen and oxygen atoms in total. The van der Waals surface area contributed by atoms with E-state index in [0.29, 0.717) is 11.7 Å². The number of methoxy groups -OCH3 is 1. The Labute approximate surface area is 172 Å².